The fraction of sp³-hybridized carbons (Fsp3) is 0.360. The molecular formula is C25H22ClF3N6O4S. The molecule has 3 aromatic rings. The summed E-state index contributed by atoms with van der Waals surface area (Å²) >= 11 is 7.83. The lowest BCUT2D eigenvalue weighted by molar-refractivity contribution is 0.0484. The molecule has 2 N–H and O–H groups in total. The molecule has 2 fully saturated rings. The zero-order valence-electron chi connectivity index (χ0n) is 20.6. The van der Waals surface area contributed by atoms with E-state index in [-0.39, 0.29) is 36.8 Å². The Kier molecular flexibility index (Phi) is 6.81. The number of halogens is 4. The third-order valence-corrected chi connectivity index (χ3v) is 8.29. The van der Waals surface area contributed by atoms with Crippen molar-refractivity contribution in [3.8, 4) is 0 Å². The minimum absolute atomic E-state index is 0.0180. The fourth-order valence-electron chi connectivity index (χ4n) is 5.40. The van der Waals surface area contributed by atoms with Gasteiger partial charge in [-0.05, 0) is 18.2 Å². The molecule has 6 rings (SSSR count). The topological polar surface area (TPSA) is 116 Å². The summed E-state index contributed by atoms with van der Waals surface area (Å²) in [7, 11) is 0. The second-order valence-electron chi connectivity index (χ2n) is 9.67. The first-order chi connectivity index (χ1) is 19.2. The molecule has 3 atom stereocenters. The third kappa shape index (κ3) is 4.44. The molecule has 10 nitrogen and oxygen atoms in total. The number of alkyl halides is 2. The Balaban J connectivity index is 1.56. The number of aliphatic imine (C=N–C) groups is 1. The maximum absolute atomic E-state index is 14.0. The lowest BCUT2D eigenvalue weighted by Crippen LogP contribution is -2.52. The first-order valence-electron chi connectivity index (χ1n) is 12.2. The smallest absolute Gasteiger partial charge is 0.410 e. The Hall–Kier alpha value is -3.46. The van der Waals surface area contributed by atoms with E-state index >= 15 is 0 Å². The van der Waals surface area contributed by atoms with Crippen LogP contribution in [0.25, 0.3) is 5.57 Å². The molecule has 1 aromatic carbocycles. The minimum atomic E-state index is -2.88. The average molecular weight is 595 g/mol. The van der Waals surface area contributed by atoms with Crippen LogP contribution >= 0.6 is 22.9 Å². The van der Waals surface area contributed by atoms with Gasteiger partial charge in [0.1, 0.15) is 24.0 Å². The summed E-state index contributed by atoms with van der Waals surface area (Å²) in [5, 5.41) is 26.2. The molecule has 1 spiro atoms. The van der Waals surface area contributed by atoms with Gasteiger partial charge in [-0.1, -0.05) is 17.7 Å². The normalized spacial score (nSPS) is 23.3. The van der Waals surface area contributed by atoms with Crippen LogP contribution in [0.5, 0.6) is 0 Å². The number of β-amino-alcohol motifs (C(OH)–C–C–N with tert-alkyl or cyclic N) is 1. The maximum Gasteiger partial charge on any atom is 0.410 e. The van der Waals surface area contributed by atoms with Crippen LogP contribution in [0.4, 0.5) is 18.0 Å². The Morgan fingerprint density at radius 2 is 2.12 bits per heavy atom. The van der Waals surface area contributed by atoms with Crippen molar-refractivity contribution in [2.75, 3.05) is 26.3 Å². The molecule has 2 aromatic heterocycles. The number of cyclic esters (lactones) is 1. The number of hydrogen-bond acceptors (Lipinski definition) is 9. The van der Waals surface area contributed by atoms with Crippen LogP contribution < -0.4 is 0 Å². The van der Waals surface area contributed by atoms with E-state index in [0.29, 0.717) is 32.4 Å². The van der Waals surface area contributed by atoms with E-state index in [2.05, 4.69) is 10.1 Å². The largest absolute Gasteiger partial charge is 0.447 e. The van der Waals surface area contributed by atoms with Crippen molar-refractivity contribution in [3.63, 3.8) is 0 Å². The van der Waals surface area contributed by atoms with Crippen LogP contribution in [0.15, 0.2) is 52.7 Å². The Morgan fingerprint density at radius 3 is 2.80 bits per heavy atom. The molecule has 0 unspecified atom stereocenters. The number of thiazole rings is 1. The fourth-order valence-corrected chi connectivity index (χ4v) is 6.31. The lowest BCUT2D eigenvalue weighted by Gasteiger charge is -2.33. The average Bonchev–Trinajstić information content (AvgIpc) is 3.72. The van der Waals surface area contributed by atoms with Gasteiger partial charge in [-0.3, -0.25) is 9.89 Å². The second kappa shape index (κ2) is 10.2. The number of carbonyl (C=O) groups is 1. The van der Waals surface area contributed by atoms with E-state index < -0.39 is 42.8 Å². The number of aliphatic hydroxyl groups excluding tert-OH is 2. The van der Waals surface area contributed by atoms with Gasteiger partial charge in [-0.25, -0.2) is 18.9 Å². The number of carbonyl (C=O) groups excluding carboxylic acids is 1. The van der Waals surface area contributed by atoms with Crippen molar-refractivity contribution in [2.24, 2.45) is 4.99 Å². The Morgan fingerprint density at radius 1 is 1.30 bits per heavy atom. The number of rotatable bonds is 7. The van der Waals surface area contributed by atoms with Gasteiger partial charge in [0.25, 0.3) is 0 Å². The monoisotopic (exact) mass is 594 g/mol. The molecular weight excluding hydrogens is 573 g/mol. The van der Waals surface area contributed by atoms with Gasteiger partial charge in [0, 0.05) is 46.1 Å². The molecule has 2 saturated heterocycles. The summed E-state index contributed by atoms with van der Waals surface area (Å²) < 4.78 is 47.1. The highest BCUT2D eigenvalue weighted by Crippen LogP contribution is 2.50. The number of ether oxygens (including phenoxy) is 1. The van der Waals surface area contributed by atoms with E-state index in [0.717, 1.165) is 12.3 Å². The van der Waals surface area contributed by atoms with Crippen molar-refractivity contribution in [1.29, 1.82) is 0 Å². The van der Waals surface area contributed by atoms with Gasteiger partial charge in [0.15, 0.2) is 10.8 Å². The van der Waals surface area contributed by atoms with Crippen LogP contribution in [-0.2, 0) is 4.74 Å². The molecule has 5 heterocycles. The predicted octanol–water partition coefficient (Wildman–Crippen LogP) is 3.69. The lowest BCUT2D eigenvalue weighted by atomic mass is 9.90. The standard InChI is InChI=1S/C25H22ClF3N6O4S/c26-16-7-13(27)1-2-15(16)20-19(17-3-5-35(32-17)23(28)29)18-8-25(12-39-24(38)34(25)9-14(37)10-36)11-33(18)21(31-20)22-30-4-6-40-22/h1-7,14,20,23,36-37H,8-12H2/t14-,20-,25+/m0/s1. The van der Waals surface area contributed by atoms with E-state index in [1.54, 1.807) is 11.6 Å². The first-order valence-corrected chi connectivity index (χ1v) is 13.5. The molecule has 0 radical (unpaired) electrons. The summed E-state index contributed by atoms with van der Waals surface area (Å²) in [4.78, 5) is 25.4. The van der Waals surface area contributed by atoms with E-state index in [1.807, 2.05) is 4.90 Å². The van der Waals surface area contributed by atoms with Gasteiger partial charge in [0.05, 0.1) is 31.5 Å². The van der Waals surface area contributed by atoms with Crippen molar-refractivity contribution in [1.82, 2.24) is 24.6 Å². The number of fused-ring (bicyclic) bond motifs is 1. The van der Waals surface area contributed by atoms with Crippen LogP contribution in [0.2, 0.25) is 5.02 Å². The van der Waals surface area contributed by atoms with Crippen molar-refractivity contribution in [2.45, 2.75) is 30.7 Å². The molecule has 0 saturated carbocycles. The summed E-state index contributed by atoms with van der Waals surface area (Å²) in [5.41, 5.74) is 0.729. The highest BCUT2D eigenvalue weighted by Gasteiger charge is 2.56. The van der Waals surface area contributed by atoms with E-state index in [9.17, 15) is 28.2 Å². The molecule has 3 aliphatic heterocycles. The number of amidine groups is 1. The van der Waals surface area contributed by atoms with Crippen molar-refractivity contribution >= 4 is 40.4 Å². The second-order valence-corrected chi connectivity index (χ2v) is 11.0. The van der Waals surface area contributed by atoms with Crippen LogP contribution in [-0.4, -0.2) is 84.7 Å². The van der Waals surface area contributed by atoms with Gasteiger partial charge in [-0.2, -0.15) is 13.9 Å². The highest BCUT2D eigenvalue weighted by molar-refractivity contribution is 7.11. The van der Waals surface area contributed by atoms with E-state index in [4.69, 9.17) is 21.3 Å². The molecule has 0 aliphatic carbocycles. The molecule has 15 heteroatoms. The Labute approximate surface area is 234 Å². The van der Waals surface area contributed by atoms with Crippen molar-refractivity contribution < 1.29 is 32.9 Å². The van der Waals surface area contributed by atoms with Gasteiger partial charge in [-0.15, -0.1) is 11.3 Å². The SMILES string of the molecule is O=C1OC[C@]2(CC3=C(c4ccn(C(F)F)n4)[C@H](c4ccc(F)cc4Cl)N=C(c4nccs4)N3C2)N1C[C@H](O)CO. The van der Waals surface area contributed by atoms with Crippen molar-refractivity contribution in [3.05, 3.63) is 74.8 Å². The molecule has 40 heavy (non-hydrogen) atoms. The summed E-state index contributed by atoms with van der Waals surface area (Å²) in [6.07, 6.45) is 1.10. The number of amides is 1. The highest BCUT2D eigenvalue weighted by atomic mass is 35.5. The zero-order valence-corrected chi connectivity index (χ0v) is 22.2. The van der Waals surface area contributed by atoms with Gasteiger partial charge < -0.3 is 19.8 Å². The van der Waals surface area contributed by atoms with Gasteiger partial charge >= 0.3 is 12.6 Å². The maximum atomic E-state index is 14.0. The number of hydrogen-bond donors (Lipinski definition) is 2. The molecule has 0 bridgehead atoms. The summed E-state index contributed by atoms with van der Waals surface area (Å²) in [6.45, 7) is -3.45. The number of benzene rings is 1. The summed E-state index contributed by atoms with van der Waals surface area (Å²) in [6, 6.07) is 4.45. The number of aliphatic hydroxyl groups is 2. The first kappa shape index (κ1) is 26.7. The molecule has 1 amide bonds. The minimum Gasteiger partial charge on any atom is -0.447 e. The Bertz CT molecular complexity index is 1520. The van der Waals surface area contributed by atoms with Crippen LogP contribution in [0.3, 0.4) is 0 Å². The van der Waals surface area contributed by atoms with E-state index in [1.165, 1.54) is 34.4 Å². The number of aromatic nitrogens is 3. The quantitative estimate of drug-likeness (QED) is 0.429. The predicted molar refractivity (Wildman–Crippen MR) is 138 cm³/mol. The molecule has 3 aliphatic rings. The number of nitrogens with zero attached hydrogens (tertiary/aromatic N) is 6. The summed E-state index contributed by atoms with van der Waals surface area (Å²) in [5.74, 6) is -0.0997. The van der Waals surface area contributed by atoms with Crippen LogP contribution in [0.1, 0.15) is 35.3 Å². The zero-order chi connectivity index (χ0) is 28.2. The van der Waals surface area contributed by atoms with Crippen LogP contribution in [0, 0.1) is 5.82 Å². The van der Waals surface area contributed by atoms with Gasteiger partial charge in [0.2, 0.25) is 0 Å². The third-order valence-electron chi connectivity index (χ3n) is 7.19. The molecule has 210 valence electrons.